The van der Waals surface area contributed by atoms with Crippen molar-refractivity contribution < 1.29 is 4.79 Å². The van der Waals surface area contributed by atoms with Crippen LogP contribution in [-0.2, 0) is 11.2 Å². The van der Waals surface area contributed by atoms with Crippen molar-refractivity contribution in [2.45, 2.75) is 38.8 Å². The molecule has 2 aromatic heterocycles. The predicted molar refractivity (Wildman–Crippen MR) is 103 cm³/mol. The first kappa shape index (κ1) is 18.2. The van der Waals surface area contributed by atoms with Gasteiger partial charge < -0.3 is 5.32 Å². The van der Waals surface area contributed by atoms with Crippen molar-refractivity contribution in [1.29, 1.82) is 0 Å². The van der Waals surface area contributed by atoms with Gasteiger partial charge in [-0.25, -0.2) is 0 Å². The summed E-state index contributed by atoms with van der Waals surface area (Å²) in [7, 11) is 0. The number of thioether (sulfide) groups is 1. The number of aryl methyl sites for hydroxylation is 3. The molecule has 8 heteroatoms. The van der Waals surface area contributed by atoms with Crippen molar-refractivity contribution in [3.8, 4) is 0 Å². The number of nitrogens with one attached hydrogen (secondary N) is 2. The maximum absolute atomic E-state index is 12.3. The molecule has 1 amide bonds. The van der Waals surface area contributed by atoms with Crippen LogP contribution >= 0.6 is 11.8 Å². The van der Waals surface area contributed by atoms with E-state index < -0.39 is 0 Å². The lowest BCUT2D eigenvalue weighted by Gasteiger charge is -2.09. The molecule has 0 fully saturated rings. The molecular weight excluding hydrogens is 350 g/mol. The molecule has 0 spiro atoms. The van der Waals surface area contributed by atoms with Crippen LogP contribution in [0.2, 0.25) is 0 Å². The highest BCUT2D eigenvalue weighted by Crippen LogP contribution is 2.20. The fourth-order valence-corrected chi connectivity index (χ4v) is 3.54. The lowest BCUT2D eigenvalue weighted by atomic mass is 10.1. The molecule has 0 aliphatic carbocycles. The first-order chi connectivity index (χ1) is 12.5. The van der Waals surface area contributed by atoms with Crippen LogP contribution in [0.5, 0.6) is 0 Å². The molecule has 0 bridgehead atoms. The zero-order valence-corrected chi connectivity index (χ0v) is 15.8. The molecule has 0 unspecified atom stereocenters. The van der Waals surface area contributed by atoms with E-state index in [2.05, 4.69) is 20.5 Å². The van der Waals surface area contributed by atoms with Gasteiger partial charge >= 0.3 is 0 Å². The van der Waals surface area contributed by atoms with Crippen LogP contribution in [0, 0.1) is 13.8 Å². The van der Waals surface area contributed by atoms with Gasteiger partial charge in [0.15, 0.2) is 5.16 Å². The van der Waals surface area contributed by atoms with Crippen LogP contribution in [0.15, 0.2) is 34.2 Å². The van der Waals surface area contributed by atoms with Gasteiger partial charge in [-0.05, 0) is 31.9 Å². The Morgan fingerprint density at radius 1 is 1.27 bits per heavy atom. The molecule has 2 heterocycles. The molecule has 0 aliphatic heterocycles. The second kappa shape index (κ2) is 7.74. The Kier molecular flexibility index (Phi) is 5.41. The number of anilines is 1. The average Bonchev–Trinajstić information content (AvgIpc) is 2.99. The van der Waals surface area contributed by atoms with E-state index in [1.165, 1.54) is 11.8 Å². The minimum absolute atomic E-state index is 0.111. The number of aromatic amines is 1. The first-order valence-corrected chi connectivity index (χ1v) is 9.43. The third kappa shape index (κ3) is 3.96. The minimum atomic E-state index is -0.197. The third-order valence-electron chi connectivity index (χ3n) is 3.95. The van der Waals surface area contributed by atoms with Crippen molar-refractivity contribution >= 4 is 29.1 Å². The fraction of sp³-hybridized carbons (Fsp3) is 0.333. The van der Waals surface area contributed by atoms with Crippen LogP contribution in [0.1, 0.15) is 30.2 Å². The highest BCUT2D eigenvalue weighted by atomic mass is 32.2. The predicted octanol–water partition coefficient (Wildman–Crippen LogP) is 2.72. The van der Waals surface area contributed by atoms with Crippen LogP contribution < -0.4 is 10.9 Å². The molecule has 0 radical (unpaired) electrons. The number of hydrogen-bond donors (Lipinski definition) is 2. The lowest BCUT2D eigenvalue weighted by Crippen LogP contribution is -2.16. The smallest absolute Gasteiger partial charge is 0.252 e. The van der Waals surface area contributed by atoms with Crippen molar-refractivity contribution in [2.24, 2.45) is 0 Å². The van der Waals surface area contributed by atoms with Gasteiger partial charge in [-0.1, -0.05) is 42.8 Å². The van der Waals surface area contributed by atoms with Gasteiger partial charge in [0.05, 0.1) is 5.75 Å². The molecule has 0 saturated heterocycles. The monoisotopic (exact) mass is 371 g/mol. The highest BCUT2D eigenvalue weighted by Gasteiger charge is 2.14. The van der Waals surface area contributed by atoms with E-state index in [9.17, 15) is 9.59 Å². The Labute approximate surface area is 155 Å². The van der Waals surface area contributed by atoms with Gasteiger partial charge in [-0.15, -0.1) is 10.2 Å². The summed E-state index contributed by atoms with van der Waals surface area (Å²) < 4.78 is 1.81. The maximum Gasteiger partial charge on any atom is 0.252 e. The van der Waals surface area contributed by atoms with Crippen molar-refractivity contribution in [3.05, 3.63) is 51.4 Å². The van der Waals surface area contributed by atoms with Gasteiger partial charge in [0.1, 0.15) is 0 Å². The highest BCUT2D eigenvalue weighted by molar-refractivity contribution is 7.99. The van der Waals surface area contributed by atoms with Gasteiger partial charge in [-0.3, -0.25) is 19.0 Å². The molecule has 2 N–H and O–H groups in total. The maximum atomic E-state index is 12.3. The number of amides is 1. The molecular formula is C18H21N5O2S. The third-order valence-corrected chi connectivity index (χ3v) is 4.88. The van der Waals surface area contributed by atoms with Crippen LogP contribution in [0.3, 0.4) is 0 Å². The Hall–Kier alpha value is -2.61. The zero-order chi connectivity index (χ0) is 18.7. The molecule has 1 aromatic carbocycles. The number of carbonyl (C=O) groups is 1. The lowest BCUT2D eigenvalue weighted by molar-refractivity contribution is -0.113. The van der Waals surface area contributed by atoms with Crippen molar-refractivity contribution in [1.82, 2.24) is 19.6 Å². The van der Waals surface area contributed by atoms with Gasteiger partial charge in [0.2, 0.25) is 11.7 Å². The van der Waals surface area contributed by atoms with Crippen LogP contribution in [-0.4, -0.2) is 31.2 Å². The van der Waals surface area contributed by atoms with E-state index in [0.717, 1.165) is 35.3 Å². The molecule has 136 valence electrons. The van der Waals surface area contributed by atoms with Gasteiger partial charge in [0.25, 0.3) is 5.56 Å². The number of nitrogens with zero attached hydrogens (tertiary/aromatic N) is 3. The number of fused-ring (bicyclic) bond motifs is 1. The molecule has 0 aliphatic rings. The number of hydrogen-bond acceptors (Lipinski definition) is 5. The van der Waals surface area contributed by atoms with Crippen molar-refractivity contribution in [2.75, 3.05) is 11.1 Å². The van der Waals surface area contributed by atoms with Crippen LogP contribution in [0.4, 0.5) is 5.69 Å². The van der Waals surface area contributed by atoms with E-state index in [1.807, 2.05) is 39.0 Å². The van der Waals surface area contributed by atoms with E-state index >= 15 is 0 Å². The Bertz CT molecular complexity index is 1010. The Balaban J connectivity index is 1.75. The summed E-state index contributed by atoms with van der Waals surface area (Å²) in [6.07, 6.45) is 1.63. The largest absolute Gasteiger partial charge is 0.325 e. The molecule has 3 aromatic rings. The fourth-order valence-electron chi connectivity index (χ4n) is 2.78. The number of benzene rings is 1. The zero-order valence-electron chi connectivity index (χ0n) is 15.0. The van der Waals surface area contributed by atoms with E-state index in [0.29, 0.717) is 10.9 Å². The second-order valence-electron chi connectivity index (χ2n) is 6.17. The Morgan fingerprint density at radius 3 is 2.81 bits per heavy atom. The summed E-state index contributed by atoms with van der Waals surface area (Å²) in [6.45, 7) is 6.03. The van der Waals surface area contributed by atoms with Crippen LogP contribution in [0.25, 0.3) is 5.78 Å². The molecule has 3 rings (SSSR count). The van der Waals surface area contributed by atoms with E-state index in [1.54, 1.807) is 10.5 Å². The normalized spacial score (nSPS) is 11.0. The summed E-state index contributed by atoms with van der Waals surface area (Å²) in [5.41, 5.74) is 3.63. The quantitative estimate of drug-likeness (QED) is 0.650. The standard InChI is InChI=1S/C18H21N5O2S/c1-4-5-13-9-15(24)20-17-21-22-18(23(13)17)26-10-16(25)19-14-7-6-11(2)8-12(14)3/h6-9H,4-5,10H2,1-3H3,(H,19,25)(H,20,21,24). The SMILES string of the molecule is CCCc1cc(=O)[nH]c2nnc(SCC(=O)Nc3ccc(C)cc3C)n12. The van der Waals surface area contributed by atoms with Gasteiger partial charge in [-0.2, -0.15) is 0 Å². The van der Waals surface area contributed by atoms with Gasteiger partial charge in [0, 0.05) is 17.4 Å². The second-order valence-corrected chi connectivity index (χ2v) is 7.11. The summed E-state index contributed by atoms with van der Waals surface area (Å²) in [5, 5.41) is 11.6. The summed E-state index contributed by atoms with van der Waals surface area (Å²) in [4.78, 5) is 26.7. The summed E-state index contributed by atoms with van der Waals surface area (Å²) in [5.74, 6) is 0.497. The minimum Gasteiger partial charge on any atom is -0.325 e. The van der Waals surface area contributed by atoms with E-state index in [4.69, 9.17) is 0 Å². The molecule has 0 saturated carbocycles. The topological polar surface area (TPSA) is 92.2 Å². The first-order valence-electron chi connectivity index (χ1n) is 8.45. The molecule has 0 atom stereocenters. The number of H-pyrrole nitrogens is 1. The van der Waals surface area contributed by atoms with Crippen molar-refractivity contribution in [3.63, 3.8) is 0 Å². The summed E-state index contributed by atoms with van der Waals surface area (Å²) in [6, 6.07) is 7.46. The average molecular weight is 371 g/mol. The Morgan fingerprint density at radius 2 is 2.08 bits per heavy atom. The number of carbonyl (C=O) groups excluding carboxylic acids is 1. The number of aromatic nitrogens is 4. The van der Waals surface area contributed by atoms with E-state index in [-0.39, 0.29) is 17.2 Å². The summed E-state index contributed by atoms with van der Waals surface area (Å²) >= 11 is 1.29. The molecule has 26 heavy (non-hydrogen) atoms. The number of rotatable bonds is 6. The molecule has 7 nitrogen and oxygen atoms in total.